The molecule has 0 aromatic carbocycles. The SMILES string of the molecule is CCS(=O)(=O)N1CC(O)(C2CC2)C1. The normalized spacial score (nSPS) is 28.5. The van der Waals surface area contributed by atoms with Crippen LogP contribution in [-0.4, -0.2) is 42.3 Å². The van der Waals surface area contributed by atoms with Crippen molar-refractivity contribution in [2.75, 3.05) is 18.8 Å². The van der Waals surface area contributed by atoms with Crippen LogP contribution in [0.2, 0.25) is 0 Å². The summed E-state index contributed by atoms with van der Waals surface area (Å²) in [5, 5.41) is 9.87. The Labute approximate surface area is 78.6 Å². The summed E-state index contributed by atoms with van der Waals surface area (Å²) in [7, 11) is -3.06. The lowest BCUT2D eigenvalue weighted by atomic mass is 9.91. The van der Waals surface area contributed by atoms with E-state index >= 15 is 0 Å². The molecule has 0 atom stereocenters. The molecule has 1 aliphatic heterocycles. The fourth-order valence-corrected chi connectivity index (χ4v) is 3.03. The van der Waals surface area contributed by atoms with Crippen LogP contribution in [0.1, 0.15) is 19.8 Å². The highest BCUT2D eigenvalue weighted by atomic mass is 32.2. The first-order valence-corrected chi connectivity index (χ1v) is 6.29. The molecule has 1 aliphatic carbocycles. The molecule has 0 amide bonds. The summed E-state index contributed by atoms with van der Waals surface area (Å²) in [6, 6.07) is 0. The fraction of sp³-hybridized carbons (Fsp3) is 1.00. The third-order valence-corrected chi connectivity index (χ3v) is 4.77. The quantitative estimate of drug-likeness (QED) is 0.693. The third kappa shape index (κ3) is 1.49. The molecule has 1 N–H and O–H groups in total. The Morgan fingerprint density at radius 3 is 2.38 bits per heavy atom. The number of β-amino-alcohol motifs (C(OH)–C–C–N with tert-alkyl or cyclic N) is 1. The smallest absolute Gasteiger partial charge is 0.214 e. The van der Waals surface area contributed by atoms with Crippen molar-refractivity contribution in [3.05, 3.63) is 0 Å². The van der Waals surface area contributed by atoms with Crippen molar-refractivity contribution in [3.8, 4) is 0 Å². The second-order valence-electron chi connectivity index (χ2n) is 4.05. The minimum absolute atomic E-state index is 0.133. The van der Waals surface area contributed by atoms with Gasteiger partial charge in [-0.3, -0.25) is 0 Å². The van der Waals surface area contributed by atoms with E-state index in [9.17, 15) is 13.5 Å². The molecule has 1 saturated heterocycles. The van der Waals surface area contributed by atoms with Gasteiger partial charge in [0, 0.05) is 13.1 Å². The van der Waals surface area contributed by atoms with E-state index in [0.29, 0.717) is 19.0 Å². The summed E-state index contributed by atoms with van der Waals surface area (Å²) in [5.74, 6) is 0.490. The highest BCUT2D eigenvalue weighted by molar-refractivity contribution is 7.89. The maximum atomic E-state index is 11.3. The Hall–Kier alpha value is -0.130. The van der Waals surface area contributed by atoms with Gasteiger partial charge in [0.25, 0.3) is 0 Å². The molecular formula is C8H15NO3S. The van der Waals surface area contributed by atoms with E-state index in [1.807, 2.05) is 0 Å². The van der Waals surface area contributed by atoms with Crippen molar-refractivity contribution >= 4 is 10.0 Å². The maximum Gasteiger partial charge on any atom is 0.214 e. The van der Waals surface area contributed by atoms with Gasteiger partial charge < -0.3 is 5.11 Å². The number of hydrogen-bond acceptors (Lipinski definition) is 3. The molecule has 0 spiro atoms. The molecule has 4 nitrogen and oxygen atoms in total. The molecule has 0 aromatic heterocycles. The molecule has 0 unspecified atom stereocenters. The van der Waals surface area contributed by atoms with Crippen LogP contribution in [0.5, 0.6) is 0 Å². The number of hydrogen-bond donors (Lipinski definition) is 1. The van der Waals surface area contributed by atoms with Crippen LogP contribution in [0, 0.1) is 5.92 Å². The van der Waals surface area contributed by atoms with Gasteiger partial charge in [-0.1, -0.05) is 0 Å². The van der Waals surface area contributed by atoms with Crippen molar-refractivity contribution in [2.24, 2.45) is 5.92 Å². The predicted molar refractivity (Wildman–Crippen MR) is 48.7 cm³/mol. The lowest BCUT2D eigenvalue weighted by molar-refractivity contribution is -0.0764. The van der Waals surface area contributed by atoms with Gasteiger partial charge in [0.15, 0.2) is 0 Å². The van der Waals surface area contributed by atoms with Gasteiger partial charge in [0.2, 0.25) is 10.0 Å². The fourth-order valence-electron chi connectivity index (χ4n) is 1.82. The molecule has 1 saturated carbocycles. The van der Waals surface area contributed by atoms with E-state index < -0.39 is 15.6 Å². The van der Waals surface area contributed by atoms with Gasteiger partial charge in [0.05, 0.1) is 11.4 Å². The molecule has 5 heteroatoms. The van der Waals surface area contributed by atoms with Gasteiger partial charge in [-0.05, 0) is 25.7 Å². The molecule has 0 radical (unpaired) electrons. The second kappa shape index (κ2) is 2.68. The van der Waals surface area contributed by atoms with Crippen molar-refractivity contribution in [1.82, 2.24) is 4.31 Å². The van der Waals surface area contributed by atoms with Crippen molar-refractivity contribution < 1.29 is 13.5 Å². The first-order valence-electron chi connectivity index (χ1n) is 4.68. The van der Waals surface area contributed by atoms with Gasteiger partial charge in [-0.2, -0.15) is 4.31 Å². The number of sulfonamides is 1. The van der Waals surface area contributed by atoms with Crippen molar-refractivity contribution in [3.63, 3.8) is 0 Å². The first-order chi connectivity index (χ1) is 5.98. The minimum atomic E-state index is -3.06. The molecule has 1 heterocycles. The zero-order valence-electron chi connectivity index (χ0n) is 7.73. The molecule has 13 heavy (non-hydrogen) atoms. The molecule has 76 valence electrons. The Morgan fingerprint density at radius 2 is 2.00 bits per heavy atom. The Kier molecular flexibility index (Phi) is 1.94. The minimum Gasteiger partial charge on any atom is -0.387 e. The van der Waals surface area contributed by atoms with Crippen LogP contribution >= 0.6 is 0 Å². The molecule has 0 aromatic rings. The van der Waals surface area contributed by atoms with Crippen LogP contribution in [0.25, 0.3) is 0 Å². The monoisotopic (exact) mass is 205 g/mol. The molecule has 2 aliphatic rings. The number of rotatable bonds is 3. The highest BCUT2D eigenvalue weighted by Crippen LogP contribution is 2.45. The van der Waals surface area contributed by atoms with E-state index in [1.165, 1.54) is 4.31 Å². The van der Waals surface area contributed by atoms with Crippen molar-refractivity contribution in [1.29, 1.82) is 0 Å². The standard InChI is InChI=1S/C8H15NO3S/c1-2-13(11,12)9-5-8(10,6-9)7-3-4-7/h7,10H,2-6H2,1H3. The zero-order chi connectivity index (χ0) is 9.69. The van der Waals surface area contributed by atoms with Crippen LogP contribution in [0.15, 0.2) is 0 Å². The summed E-state index contributed by atoms with van der Waals surface area (Å²) in [4.78, 5) is 0. The van der Waals surface area contributed by atoms with Crippen LogP contribution in [0.3, 0.4) is 0 Å². The topological polar surface area (TPSA) is 57.6 Å². The van der Waals surface area contributed by atoms with Gasteiger partial charge in [-0.25, -0.2) is 8.42 Å². The Balaban J connectivity index is 1.97. The largest absolute Gasteiger partial charge is 0.387 e. The molecular weight excluding hydrogens is 190 g/mol. The number of aliphatic hydroxyl groups is 1. The third-order valence-electron chi connectivity index (χ3n) is 3.00. The van der Waals surface area contributed by atoms with E-state index in [-0.39, 0.29) is 5.75 Å². The summed E-state index contributed by atoms with van der Waals surface area (Å²) >= 11 is 0. The van der Waals surface area contributed by atoms with E-state index in [4.69, 9.17) is 0 Å². The average molecular weight is 205 g/mol. The zero-order valence-corrected chi connectivity index (χ0v) is 8.55. The maximum absolute atomic E-state index is 11.3. The lowest BCUT2D eigenvalue weighted by Crippen LogP contribution is -2.64. The van der Waals surface area contributed by atoms with E-state index in [0.717, 1.165) is 12.8 Å². The second-order valence-corrected chi connectivity index (χ2v) is 6.30. The molecule has 0 bridgehead atoms. The Morgan fingerprint density at radius 1 is 1.46 bits per heavy atom. The predicted octanol–water partition coefficient (Wildman–Crippen LogP) is -0.207. The average Bonchev–Trinajstić information content (AvgIpc) is 2.80. The first kappa shape index (κ1) is 9.43. The van der Waals surface area contributed by atoms with E-state index in [2.05, 4.69) is 0 Å². The van der Waals surface area contributed by atoms with Crippen LogP contribution in [-0.2, 0) is 10.0 Å². The summed E-state index contributed by atoms with van der Waals surface area (Å²) in [6.45, 7) is 2.26. The van der Waals surface area contributed by atoms with Crippen LogP contribution < -0.4 is 0 Å². The van der Waals surface area contributed by atoms with Gasteiger partial charge >= 0.3 is 0 Å². The summed E-state index contributed by atoms with van der Waals surface area (Å²) in [5.41, 5.74) is -0.692. The van der Waals surface area contributed by atoms with Crippen molar-refractivity contribution in [2.45, 2.75) is 25.4 Å². The number of nitrogens with zero attached hydrogens (tertiary/aromatic N) is 1. The lowest BCUT2D eigenvalue weighted by Gasteiger charge is -2.45. The molecule has 2 fully saturated rings. The van der Waals surface area contributed by atoms with Gasteiger partial charge in [0.1, 0.15) is 0 Å². The van der Waals surface area contributed by atoms with Crippen LogP contribution in [0.4, 0.5) is 0 Å². The molecule has 2 rings (SSSR count). The highest BCUT2D eigenvalue weighted by Gasteiger charge is 2.54. The van der Waals surface area contributed by atoms with E-state index in [1.54, 1.807) is 6.92 Å². The Bertz CT molecular complexity index is 301. The van der Waals surface area contributed by atoms with Gasteiger partial charge in [-0.15, -0.1) is 0 Å². The summed E-state index contributed by atoms with van der Waals surface area (Å²) < 4.78 is 24.0. The summed E-state index contributed by atoms with van der Waals surface area (Å²) in [6.07, 6.45) is 2.10.